The zero-order valence-corrected chi connectivity index (χ0v) is 13.0. The largest absolute Gasteiger partial charge is 0.490 e. The van der Waals surface area contributed by atoms with Crippen LogP contribution in [0.5, 0.6) is 5.75 Å². The lowest BCUT2D eigenvalue weighted by molar-refractivity contribution is -0.385. The van der Waals surface area contributed by atoms with Gasteiger partial charge in [0.05, 0.1) is 11.0 Å². The summed E-state index contributed by atoms with van der Waals surface area (Å²) in [6.07, 6.45) is 0.219. The van der Waals surface area contributed by atoms with E-state index in [0.29, 0.717) is 23.3 Å². The number of nitro groups is 1. The number of carbonyl (C=O) groups is 1. The molecule has 0 fully saturated rings. The minimum absolute atomic E-state index is 0.0118. The number of ether oxygens (including phenoxy) is 1. The Morgan fingerprint density at radius 1 is 1.29 bits per heavy atom. The molecule has 0 spiro atoms. The zero-order valence-electron chi connectivity index (χ0n) is 13.0. The maximum absolute atomic E-state index is 11.1. The summed E-state index contributed by atoms with van der Waals surface area (Å²) in [5.74, 6) is -0.842. The Morgan fingerprint density at radius 3 is 2.62 bits per heavy atom. The maximum atomic E-state index is 11.1. The van der Waals surface area contributed by atoms with Gasteiger partial charge in [-0.2, -0.15) is 0 Å². The minimum Gasteiger partial charge on any atom is -0.490 e. The normalized spacial score (nSPS) is 11.8. The second-order valence-corrected chi connectivity index (χ2v) is 5.23. The average Bonchev–Trinajstić information content (AvgIpc) is 2.55. The van der Waals surface area contributed by atoms with Crippen molar-refractivity contribution >= 4 is 11.7 Å². The maximum Gasteiger partial charge on any atom is 0.342 e. The molecule has 2 aromatic carbocycles. The fourth-order valence-corrected chi connectivity index (χ4v) is 2.30. The van der Waals surface area contributed by atoms with E-state index in [1.165, 1.54) is 18.2 Å². The van der Waals surface area contributed by atoms with Gasteiger partial charge in [0.25, 0.3) is 5.69 Å². The van der Waals surface area contributed by atoms with E-state index in [9.17, 15) is 14.9 Å². The van der Waals surface area contributed by atoms with Crippen LogP contribution in [0.2, 0.25) is 0 Å². The van der Waals surface area contributed by atoms with Crippen molar-refractivity contribution in [1.29, 1.82) is 0 Å². The van der Waals surface area contributed by atoms with E-state index in [0.717, 1.165) is 0 Å². The molecule has 0 aliphatic rings. The molecule has 0 bridgehead atoms. The summed E-state index contributed by atoms with van der Waals surface area (Å²) in [5.41, 5.74) is 0.259. The topological polar surface area (TPSA) is 110 Å². The number of para-hydroxylation sites is 1. The molecule has 1 atom stereocenters. The molecular formula is C17H17NO6. The molecule has 0 heterocycles. The lowest BCUT2D eigenvalue weighted by atomic mass is 10.0. The van der Waals surface area contributed by atoms with E-state index in [1.54, 1.807) is 24.3 Å². The first-order chi connectivity index (χ1) is 11.4. The highest BCUT2D eigenvalue weighted by Crippen LogP contribution is 2.34. The number of aromatic carboxylic acids is 1. The number of hydrogen-bond donors (Lipinski definition) is 2. The molecule has 7 heteroatoms. The highest BCUT2D eigenvalue weighted by molar-refractivity contribution is 5.93. The standard InChI is InChI=1S/C17H17NO6/c1-11(8-9-19)24-16-5-3-2-4-13(16)12-6-7-14(17(20)21)15(10-12)18(22)23/h2-7,10-11,19H,8-9H2,1H3,(H,20,21)/t11-/m1/s1. The average molecular weight is 331 g/mol. The van der Waals surface area contributed by atoms with E-state index >= 15 is 0 Å². The van der Waals surface area contributed by atoms with Crippen molar-refractivity contribution in [3.05, 3.63) is 58.1 Å². The molecule has 2 aromatic rings. The van der Waals surface area contributed by atoms with Crippen LogP contribution in [-0.2, 0) is 0 Å². The SMILES string of the molecule is C[C@H](CCO)Oc1ccccc1-c1ccc(C(=O)O)c([N+](=O)[O-])c1. The van der Waals surface area contributed by atoms with Gasteiger partial charge in [-0.15, -0.1) is 0 Å². The van der Waals surface area contributed by atoms with Gasteiger partial charge in [0.15, 0.2) is 0 Å². The van der Waals surface area contributed by atoms with Crippen molar-refractivity contribution in [2.24, 2.45) is 0 Å². The van der Waals surface area contributed by atoms with Crippen LogP contribution in [0.15, 0.2) is 42.5 Å². The number of nitrogens with zero attached hydrogens (tertiary/aromatic N) is 1. The second-order valence-electron chi connectivity index (χ2n) is 5.23. The molecule has 126 valence electrons. The van der Waals surface area contributed by atoms with Crippen molar-refractivity contribution in [3.8, 4) is 16.9 Å². The molecule has 0 aliphatic carbocycles. The van der Waals surface area contributed by atoms with Crippen LogP contribution in [0.25, 0.3) is 11.1 Å². The molecule has 2 N–H and O–H groups in total. The van der Waals surface area contributed by atoms with E-state index in [4.69, 9.17) is 14.9 Å². The van der Waals surface area contributed by atoms with E-state index < -0.39 is 16.6 Å². The van der Waals surface area contributed by atoms with Crippen molar-refractivity contribution in [1.82, 2.24) is 0 Å². The Morgan fingerprint density at radius 2 is 2.00 bits per heavy atom. The highest BCUT2D eigenvalue weighted by Gasteiger charge is 2.21. The number of aliphatic hydroxyl groups excluding tert-OH is 1. The van der Waals surface area contributed by atoms with Crippen molar-refractivity contribution in [2.75, 3.05) is 6.61 Å². The third-order valence-corrected chi connectivity index (χ3v) is 3.49. The summed E-state index contributed by atoms with van der Waals surface area (Å²) in [5, 5.41) is 29.2. The Labute approximate surface area is 138 Å². The van der Waals surface area contributed by atoms with Crippen LogP contribution in [0.4, 0.5) is 5.69 Å². The Kier molecular flexibility index (Phi) is 5.49. The van der Waals surface area contributed by atoms with Gasteiger partial charge < -0.3 is 14.9 Å². The molecule has 0 saturated heterocycles. The van der Waals surface area contributed by atoms with Crippen LogP contribution in [-0.4, -0.2) is 33.8 Å². The van der Waals surface area contributed by atoms with Gasteiger partial charge in [0.1, 0.15) is 11.3 Å². The molecule has 0 amide bonds. The Balaban J connectivity index is 2.47. The molecule has 7 nitrogen and oxygen atoms in total. The number of carboxylic acid groups (broad SMARTS) is 1. The quantitative estimate of drug-likeness (QED) is 0.596. The smallest absolute Gasteiger partial charge is 0.342 e. The molecule has 0 saturated carbocycles. The van der Waals surface area contributed by atoms with Gasteiger partial charge in [0, 0.05) is 24.7 Å². The number of benzene rings is 2. The molecule has 24 heavy (non-hydrogen) atoms. The Bertz CT molecular complexity index is 758. The molecular weight excluding hydrogens is 314 g/mol. The first-order valence-corrected chi connectivity index (χ1v) is 7.32. The fraction of sp³-hybridized carbons (Fsp3) is 0.235. The van der Waals surface area contributed by atoms with Gasteiger partial charge >= 0.3 is 5.97 Å². The zero-order chi connectivity index (χ0) is 17.7. The summed E-state index contributed by atoms with van der Waals surface area (Å²) in [6.45, 7) is 1.80. The number of hydrogen-bond acceptors (Lipinski definition) is 5. The number of nitro benzene ring substituents is 1. The third kappa shape index (κ3) is 3.88. The van der Waals surface area contributed by atoms with E-state index in [2.05, 4.69) is 0 Å². The Hall–Kier alpha value is -2.93. The molecule has 0 aromatic heterocycles. The first kappa shape index (κ1) is 17.4. The number of aliphatic hydroxyl groups is 1. The van der Waals surface area contributed by atoms with Crippen LogP contribution in [0.3, 0.4) is 0 Å². The predicted molar refractivity (Wildman–Crippen MR) is 87.3 cm³/mol. The fourth-order valence-electron chi connectivity index (χ4n) is 2.30. The molecule has 0 unspecified atom stereocenters. The van der Waals surface area contributed by atoms with Gasteiger partial charge in [-0.3, -0.25) is 10.1 Å². The monoisotopic (exact) mass is 331 g/mol. The van der Waals surface area contributed by atoms with Crippen molar-refractivity contribution in [3.63, 3.8) is 0 Å². The van der Waals surface area contributed by atoms with Crippen molar-refractivity contribution in [2.45, 2.75) is 19.4 Å². The number of carboxylic acids is 1. The van der Waals surface area contributed by atoms with Gasteiger partial charge in [-0.25, -0.2) is 4.79 Å². The molecule has 2 rings (SSSR count). The summed E-state index contributed by atoms with van der Waals surface area (Å²) in [4.78, 5) is 21.5. The summed E-state index contributed by atoms with van der Waals surface area (Å²) >= 11 is 0. The second kappa shape index (κ2) is 7.56. The predicted octanol–water partition coefficient (Wildman–Crippen LogP) is 3.11. The van der Waals surface area contributed by atoms with Crippen molar-refractivity contribution < 1.29 is 24.7 Å². The lowest BCUT2D eigenvalue weighted by Gasteiger charge is -2.17. The van der Waals surface area contributed by atoms with Crippen LogP contribution < -0.4 is 4.74 Å². The summed E-state index contributed by atoms with van der Waals surface area (Å²) < 4.78 is 5.77. The summed E-state index contributed by atoms with van der Waals surface area (Å²) in [6, 6.07) is 10.9. The van der Waals surface area contributed by atoms with Crippen LogP contribution in [0, 0.1) is 10.1 Å². The summed E-state index contributed by atoms with van der Waals surface area (Å²) in [7, 11) is 0. The van der Waals surface area contributed by atoms with Gasteiger partial charge in [-0.1, -0.05) is 24.3 Å². The highest BCUT2D eigenvalue weighted by atomic mass is 16.6. The van der Waals surface area contributed by atoms with Crippen LogP contribution in [0.1, 0.15) is 23.7 Å². The van der Waals surface area contributed by atoms with E-state index in [1.807, 2.05) is 6.92 Å². The van der Waals surface area contributed by atoms with Gasteiger partial charge in [-0.05, 0) is 24.6 Å². The molecule has 0 radical (unpaired) electrons. The minimum atomic E-state index is -1.35. The third-order valence-electron chi connectivity index (χ3n) is 3.49. The molecule has 0 aliphatic heterocycles. The lowest BCUT2D eigenvalue weighted by Crippen LogP contribution is -2.13. The first-order valence-electron chi connectivity index (χ1n) is 7.32. The van der Waals surface area contributed by atoms with Gasteiger partial charge in [0.2, 0.25) is 0 Å². The van der Waals surface area contributed by atoms with Crippen LogP contribution >= 0.6 is 0 Å². The van der Waals surface area contributed by atoms with E-state index in [-0.39, 0.29) is 18.3 Å². The number of rotatable bonds is 7.